The summed E-state index contributed by atoms with van der Waals surface area (Å²) in [4.78, 5) is 0. The summed E-state index contributed by atoms with van der Waals surface area (Å²) in [5, 5.41) is 12.7. The Labute approximate surface area is 127 Å². The van der Waals surface area contributed by atoms with Crippen molar-refractivity contribution in [1.82, 2.24) is 15.5 Å². The van der Waals surface area contributed by atoms with E-state index in [2.05, 4.69) is 15.5 Å². The SMILES string of the molecule is Clc1ccc(Cl)c(-c2nnc(CCCNC3CC3)o2)c1. The van der Waals surface area contributed by atoms with Crippen molar-refractivity contribution in [2.45, 2.75) is 31.7 Å². The zero-order valence-corrected chi connectivity index (χ0v) is 12.4. The second-order valence-corrected chi connectivity index (χ2v) is 5.80. The Balaban J connectivity index is 1.61. The van der Waals surface area contributed by atoms with Crippen molar-refractivity contribution in [2.75, 3.05) is 6.54 Å². The fourth-order valence-corrected chi connectivity index (χ4v) is 2.33. The molecule has 4 nitrogen and oxygen atoms in total. The van der Waals surface area contributed by atoms with Gasteiger partial charge in [0.15, 0.2) is 0 Å². The van der Waals surface area contributed by atoms with Crippen LogP contribution in [0.5, 0.6) is 0 Å². The lowest BCUT2D eigenvalue weighted by Gasteiger charge is -2.00. The van der Waals surface area contributed by atoms with Crippen LogP contribution in [0.2, 0.25) is 10.0 Å². The molecule has 0 unspecified atom stereocenters. The summed E-state index contributed by atoms with van der Waals surface area (Å²) in [5.74, 6) is 1.05. The minimum Gasteiger partial charge on any atom is -0.421 e. The lowest BCUT2D eigenvalue weighted by Crippen LogP contribution is -2.17. The first-order valence-electron chi connectivity index (χ1n) is 6.73. The van der Waals surface area contributed by atoms with Gasteiger partial charge in [-0.2, -0.15) is 0 Å². The monoisotopic (exact) mass is 311 g/mol. The first-order chi connectivity index (χ1) is 9.72. The highest BCUT2D eigenvalue weighted by atomic mass is 35.5. The highest BCUT2D eigenvalue weighted by Crippen LogP contribution is 2.29. The van der Waals surface area contributed by atoms with Crippen LogP contribution in [0.15, 0.2) is 22.6 Å². The minimum absolute atomic E-state index is 0.419. The van der Waals surface area contributed by atoms with E-state index in [1.165, 1.54) is 12.8 Å². The molecule has 0 amide bonds. The quantitative estimate of drug-likeness (QED) is 0.826. The lowest BCUT2D eigenvalue weighted by molar-refractivity contribution is 0.491. The molecule has 0 atom stereocenters. The average molecular weight is 312 g/mol. The van der Waals surface area contributed by atoms with Crippen LogP contribution < -0.4 is 5.32 Å². The number of hydrogen-bond acceptors (Lipinski definition) is 4. The third kappa shape index (κ3) is 3.51. The molecule has 1 aliphatic carbocycles. The Morgan fingerprint density at radius 2 is 2.10 bits per heavy atom. The van der Waals surface area contributed by atoms with Gasteiger partial charge in [-0.05, 0) is 44.0 Å². The van der Waals surface area contributed by atoms with Crippen molar-refractivity contribution in [1.29, 1.82) is 0 Å². The average Bonchev–Trinajstić information content (AvgIpc) is 3.15. The van der Waals surface area contributed by atoms with Crippen molar-refractivity contribution in [3.8, 4) is 11.5 Å². The molecule has 20 heavy (non-hydrogen) atoms. The smallest absolute Gasteiger partial charge is 0.249 e. The fourth-order valence-electron chi connectivity index (χ4n) is 1.96. The molecular formula is C14H15Cl2N3O. The molecule has 0 bridgehead atoms. The predicted octanol–water partition coefficient (Wildman–Crippen LogP) is 3.73. The summed E-state index contributed by atoms with van der Waals surface area (Å²) in [7, 11) is 0. The Morgan fingerprint density at radius 3 is 2.90 bits per heavy atom. The molecule has 1 aromatic carbocycles. The summed E-state index contributed by atoms with van der Waals surface area (Å²) < 4.78 is 5.64. The number of aromatic nitrogens is 2. The first kappa shape index (κ1) is 13.9. The summed E-state index contributed by atoms with van der Waals surface area (Å²) in [6.07, 6.45) is 4.36. The van der Waals surface area contributed by atoms with Crippen LogP contribution >= 0.6 is 23.2 Å². The van der Waals surface area contributed by atoms with Crippen LogP contribution in [0.1, 0.15) is 25.2 Å². The molecule has 0 aliphatic heterocycles. The Morgan fingerprint density at radius 1 is 1.25 bits per heavy atom. The van der Waals surface area contributed by atoms with Crippen molar-refractivity contribution in [2.24, 2.45) is 0 Å². The van der Waals surface area contributed by atoms with Crippen LogP contribution in [0.3, 0.4) is 0 Å². The Bertz CT molecular complexity index is 596. The second-order valence-electron chi connectivity index (χ2n) is 4.96. The van der Waals surface area contributed by atoms with Gasteiger partial charge in [-0.15, -0.1) is 10.2 Å². The van der Waals surface area contributed by atoms with Crippen LogP contribution in [0.4, 0.5) is 0 Å². The van der Waals surface area contributed by atoms with Gasteiger partial charge in [0.25, 0.3) is 0 Å². The molecule has 1 N–H and O–H groups in total. The summed E-state index contributed by atoms with van der Waals surface area (Å²) in [6.45, 7) is 0.986. The number of nitrogens with one attached hydrogen (secondary N) is 1. The summed E-state index contributed by atoms with van der Waals surface area (Å²) >= 11 is 12.1. The van der Waals surface area contributed by atoms with Crippen molar-refractivity contribution >= 4 is 23.2 Å². The van der Waals surface area contributed by atoms with Gasteiger partial charge < -0.3 is 9.73 Å². The van der Waals surface area contributed by atoms with Crippen LogP contribution in [-0.4, -0.2) is 22.8 Å². The van der Waals surface area contributed by atoms with Gasteiger partial charge in [0, 0.05) is 17.5 Å². The summed E-state index contributed by atoms with van der Waals surface area (Å²) in [6, 6.07) is 5.92. The number of rotatable bonds is 6. The van der Waals surface area contributed by atoms with Crippen molar-refractivity contribution in [3.05, 3.63) is 34.1 Å². The number of aryl methyl sites for hydroxylation is 1. The normalized spacial score (nSPS) is 14.7. The van der Waals surface area contributed by atoms with Gasteiger partial charge >= 0.3 is 0 Å². The van der Waals surface area contributed by atoms with Gasteiger partial charge in [-0.1, -0.05) is 23.2 Å². The van der Waals surface area contributed by atoms with Crippen LogP contribution in [0.25, 0.3) is 11.5 Å². The molecule has 1 heterocycles. The molecule has 1 aromatic heterocycles. The molecule has 106 valence electrons. The molecule has 0 saturated heterocycles. The molecular weight excluding hydrogens is 297 g/mol. The van der Waals surface area contributed by atoms with E-state index in [9.17, 15) is 0 Å². The van der Waals surface area contributed by atoms with E-state index in [4.69, 9.17) is 27.6 Å². The van der Waals surface area contributed by atoms with E-state index in [1.54, 1.807) is 18.2 Å². The van der Waals surface area contributed by atoms with E-state index in [0.29, 0.717) is 27.4 Å². The highest BCUT2D eigenvalue weighted by Gasteiger charge is 2.19. The van der Waals surface area contributed by atoms with Gasteiger partial charge in [0.05, 0.1) is 10.6 Å². The topological polar surface area (TPSA) is 51.0 Å². The fraction of sp³-hybridized carbons (Fsp3) is 0.429. The molecule has 1 fully saturated rings. The van der Waals surface area contributed by atoms with Gasteiger partial charge in [-0.3, -0.25) is 0 Å². The largest absolute Gasteiger partial charge is 0.421 e. The standard InChI is InChI=1S/C14H15Cl2N3O/c15-9-3-6-12(16)11(8-9)14-19-18-13(20-14)2-1-7-17-10-4-5-10/h3,6,8,10,17H,1-2,4-5,7H2. The van der Waals surface area contributed by atoms with E-state index < -0.39 is 0 Å². The van der Waals surface area contributed by atoms with Gasteiger partial charge in [0.1, 0.15) is 0 Å². The third-order valence-electron chi connectivity index (χ3n) is 3.20. The number of nitrogens with zero attached hydrogens (tertiary/aromatic N) is 2. The maximum absolute atomic E-state index is 6.11. The molecule has 3 rings (SSSR count). The van der Waals surface area contributed by atoms with Gasteiger partial charge in [0.2, 0.25) is 11.8 Å². The maximum atomic E-state index is 6.11. The molecule has 2 aromatic rings. The summed E-state index contributed by atoms with van der Waals surface area (Å²) in [5.41, 5.74) is 0.675. The van der Waals surface area contributed by atoms with E-state index in [1.807, 2.05) is 0 Å². The third-order valence-corrected chi connectivity index (χ3v) is 3.77. The predicted molar refractivity (Wildman–Crippen MR) is 79.1 cm³/mol. The molecule has 1 aliphatic rings. The number of hydrogen-bond donors (Lipinski definition) is 1. The van der Waals surface area contributed by atoms with Crippen LogP contribution in [0, 0.1) is 0 Å². The van der Waals surface area contributed by atoms with Crippen molar-refractivity contribution in [3.63, 3.8) is 0 Å². The molecule has 6 heteroatoms. The Kier molecular flexibility index (Phi) is 4.24. The molecule has 0 spiro atoms. The van der Waals surface area contributed by atoms with E-state index in [-0.39, 0.29) is 0 Å². The second kappa shape index (κ2) is 6.12. The van der Waals surface area contributed by atoms with Crippen molar-refractivity contribution < 1.29 is 4.42 Å². The first-order valence-corrected chi connectivity index (χ1v) is 7.49. The van der Waals surface area contributed by atoms with Crippen LogP contribution in [-0.2, 0) is 6.42 Å². The lowest BCUT2D eigenvalue weighted by atomic mass is 10.2. The van der Waals surface area contributed by atoms with Gasteiger partial charge in [-0.25, -0.2) is 0 Å². The zero-order valence-electron chi connectivity index (χ0n) is 10.9. The number of benzene rings is 1. The minimum atomic E-state index is 0.419. The molecule has 0 radical (unpaired) electrons. The van der Waals surface area contributed by atoms with E-state index >= 15 is 0 Å². The zero-order chi connectivity index (χ0) is 13.9. The van der Waals surface area contributed by atoms with E-state index in [0.717, 1.165) is 25.4 Å². The highest BCUT2D eigenvalue weighted by molar-refractivity contribution is 6.35. The Hall–Kier alpha value is -1.10. The maximum Gasteiger partial charge on any atom is 0.249 e. The number of halogens is 2. The molecule has 1 saturated carbocycles.